The summed E-state index contributed by atoms with van der Waals surface area (Å²) in [6, 6.07) is 1.85. The van der Waals surface area contributed by atoms with Gasteiger partial charge in [0.2, 0.25) is 17.8 Å². The molecular weight excluding hydrogens is 925 g/mol. The highest BCUT2D eigenvalue weighted by molar-refractivity contribution is 5.47. The first-order valence-corrected chi connectivity index (χ1v) is 31.6. The summed E-state index contributed by atoms with van der Waals surface area (Å²) in [5.41, 5.74) is 0.749. The standard InChI is InChI=1S/C63H124N12/c1-18-19-20-21-26-33-38-66-53-67-54(74(51-45-60(10,11)72-61(12,13)46-51)39-34-29-24-22-27-31-36-64-49-41-56(2,3)70-57(4,5)42-49)69-55(68-53)75(52-47-62(14,15)73-63(16,17)48-52)40-35-30-25-23-28-32-37-65-50-43-58(6,7)71-59(8,9)44-50/h49-52,64-65,70-73H,18-48H2,1-17H3,(H,66,67,68,69). The van der Waals surface area contributed by atoms with E-state index in [1.165, 1.54) is 122 Å². The van der Waals surface area contributed by atoms with E-state index in [9.17, 15) is 0 Å². The normalized spacial score (nSPS) is 23.3. The molecule has 0 atom stereocenters. The molecule has 0 radical (unpaired) electrons. The summed E-state index contributed by atoms with van der Waals surface area (Å²) in [4.78, 5) is 21.9. The molecule has 0 spiro atoms. The molecule has 4 saturated heterocycles. The second kappa shape index (κ2) is 28.0. The largest absolute Gasteiger partial charge is 0.354 e. The zero-order valence-electron chi connectivity index (χ0n) is 52.5. The Labute approximate surface area is 463 Å². The van der Waals surface area contributed by atoms with E-state index in [0.29, 0.717) is 24.2 Å². The molecule has 0 bridgehead atoms. The maximum Gasteiger partial charge on any atom is 0.232 e. The Kier molecular flexibility index (Phi) is 23.9. The molecule has 1 aromatic rings. The van der Waals surface area contributed by atoms with Gasteiger partial charge in [-0.05, 0) is 207 Å². The highest BCUT2D eigenvalue weighted by Crippen LogP contribution is 2.37. The highest BCUT2D eigenvalue weighted by atomic mass is 15.4. The molecule has 0 aromatic carbocycles. The Morgan fingerprint density at radius 3 is 0.973 bits per heavy atom. The van der Waals surface area contributed by atoms with E-state index in [4.69, 9.17) is 15.0 Å². The minimum absolute atomic E-state index is 0.00335. The molecule has 0 aliphatic carbocycles. The van der Waals surface area contributed by atoms with E-state index >= 15 is 0 Å². The molecule has 1 aromatic heterocycles. The fourth-order valence-corrected chi connectivity index (χ4v) is 15.4. The Hall–Kier alpha value is -1.83. The molecule has 0 unspecified atom stereocenters. The Morgan fingerprint density at radius 1 is 0.360 bits per heavy atom. The van der Waals surface area contributed by atoms with Crippen LogP contribution >= 0.6 is 0 Å². The van der Waals surface area contributed by atoms with Gasteiger partial charge in [0.15, 0.2) is 0 Å². The second-order valence-electron chi connectivity index (χ2n) is 30.4. The number of rotatable bonds is 32. The molecule has 4 fully saturated rings. The summed E-state index contributed by atoms with van der Waals surface area (Å²) in [5, 5.41) is 27.4. The fourth-order valence-electron chi connectivity index (χ4n) is 15.4. The quantitative estimate of drug-likeness (QED) is 0.0347. The van der Waals surface area contributed by atoms with Crippen LogP contribution in [0.25, 0.3) is 0 Å². The number of nitrogens with one attached hydrogen (secondary N) is 7. The van der Waals surface area contributed by atoms with Gasteiger partial charge in [0.1, 0.15) is 0 Å². The predicted octanol–water partition coefficient (Wildman–Crippen LogP) is 13.4. The van der Waals surface area contributed by atoms with E-state index in [1.54, 1.807) is 0 Å². The van der Waals surface area contributed by atoms with Crippen molar-refractivity contribution in [2.75, 3.05) is 47.8 Å². The van der Waals surface area contributed by atoms with Crippen molar-refractivity contribution in [2.24, 2.45) is 0 Å². The molecule has 436 valence electrons. The van der Waals surface area contributed by atoms with Gasteiger partial charge in [-0.3, -0.25) is 0 Å². The number of piperidine rings is 4. The number of hydrogen-bond donors (Lipinski definition) is 7. The van der Waals surface area contributed by atoms with Crippen LogP contribution in [-0.4, -0.2) is 116 Å². The van der Waals surface area contributed by atoms with Crippen molar-refractivity contribution >= 4 is 17.8 Å². The van der Waals surface area contributed by atoms with Crippen molar-refractivity contribution in [2.45, 2.75) is 353 Å². The average Bonchev–Trinajstić information content (AvgIpc) is 3.23. The van der Waals surface area contributed by atoms with Crippen LogP contribution in [0.15, 0.2) is 0 Å². The first kappa shape index (κ1) is 64.0. The zero-order chi connectivity index (χ0) is 55.2. The van der Waals surface area contributed by atoms with Crippen molar-refractivity contribution in [1.29, 1.82) is 0 Å². The van der Waals surface area contributed by atoms with E-state index < -0.39 is 0 Å². The van der Waals surface area contributed by atoms with E-state index in [-0.39, 0.29) is 44.3 Å². The van der Waals surface area contributed by atoms with Crippen LogP contribution in [0.1, 0.15) is 285 Å². The van der Waals surface area contributed by atoms with Gasteiger partial charge in [0.05, 0.1) is 0 Å². The predicted molar refractivity (Wildman–Crippen MR) is 325 cm³/mol. The van der Waals surface area contributed by atoms with Crippen LogP contribution in [0.3, 0.4) is 0 Å². The lowest BCUT2D eigenvalue weighted by atomic mass is 9.79. The molecule has 5 rings (SSSR count). The van der Waals surface area contributed by atoms with Gasteiger partial charge in [-0.25, -0.2) is 0 Å². The molecule has 0 amide bonds. The summed E-state index contributed by atoms with van der Waals surface area (Å²) in [5.74, 6) is 2.51. The average molecular weight is 1050 g/mol. The summed E-state index contributed by atoms with van der Waals surface area (Å²) in [7, 11) is 0. The SMILES string of the molecule is CCCCCCCCNc1nc(N(CCCCCCCCNC2CC(C)(C)NC(C)(C)C2)C2CC(C)(C)NC(C)(C)C2)nc(N(CCCCCCCCNC2CC(C)(C)NC(C)(C)C2)C2CC(C)(C)NC(C)(C)C2)n1. The smallest absolute Gasteiger partial charge is 0.232 e. The molecule has 12 heteroatoms. The van der Waals surface area contributed by atoms with E-state index in [0.717, 1.165) is 95.5 Å². The van der Waals surface area contributed by atoms with Crippen LogP contribution in [0.2, 0.25) is 0 Å². The van der Waals surface area contributed by atoms with Crippen molar-refractivity contribution in [3.8, 4) is 0 Å². The van der Waals surface area contributed by atoms with E-state index in [2.05, 4.69) is 165 Å². The number of hydrogen-bond acceptors (Lipinski definition) is 12. The summed E-state index contributed by atoms with van der Waals surface area (Å²) in [6.45, 7) is 45.4. The zero-order valence-corrected chi connectivity index (χ0v) is 52.5. The Morgan fingerprint density at radius 2 is 0.640 bits per heavy atom. The molecule has 7 N–H and O–H groups in total. The third-order valence-electron chi connectivity index (χ3n) is 17.1. The maximum atomic E-state index is 5.69. The van der Waals surface area contributed by atoms with Crippen LogP contribution in [-0.2, 0) is 0 Å². The minimum Gasteiger partial charge on any atom is -0.354 e. The van der Waals surface area contributed by atoms with Crippen molar-refractivity contribution in [1.82, 2.24) is 46.9 Å². The van der Waals surface area contributed by atoms with Gasteiger partial charge in [-0.2, -0.15) is 15.0 Å². The number of aromatic nitrogens is 3. The number of nitrogens with zero attached hydrogens (tertiary/aromatic N) is 5. The third kappa shape index (κ3) is 23.4. The second-order valence-corrected chi connectivity index (χ2v) is 30.4. The first-order chi connectivity index (χ1) is 35.0. The Balaban J connectivity index is 1.30. The summed E-state index contributed by atoms with van der Waals surface area (Å²) >= 11 is 0. The lowest BCUT2D eigenvalue weighted by molar-refractivity contribution is 0.145. The molecule has 0 saturated carbocycles. The van der Waals surface area contributed by atoms with Crippen LogP contribution in [0.4, 0.5) is 17.8 Å². The van der Waals surface area contributed by atoms with Gasteiger partial charge < -0.3 is 47.0 Å². The Bertz CT molecular complexity index is 1620. The van der Waals surface area contributed by atoms with Gasteiger partial charge in [-0.15, -0.1) is 0 Å². The molecule has 4 aliphatic rings. The lowest BCUT2D eigenvalue weighted by Gasteiger charge is -2.50. The molecule has 75 heavy (non-hydrogen) atoms. The summed E-state index contributed by atoms with van der Waals surface area (Å²) in [6.07, 6.45) is 31.6. The lowest BCUT2D eigenvalue weighted by Crippen LogP contribution is -2.63. The van der Waals surface area contributed by atoms with Gasteiger partial charge in [0.25, 0.3) is 0 Å². The van der Waals surface area contributed by atoms with Crippen molar-refractivity contribution in [3.05, 3.63) is 0 Å². The molecule has 12 nitrogen and oxygen atoms in total. The maximum absolute atomic E-state index is 5.69. The van der Waals surface area contributed by atoms with Gasteiger partial charge in [-0.1, -0.05) is 90.4 Å². The molecule has 5 heterocycles. The van der Waals surface area contributed by atoms with Crippen molar-refractivity contribution in [3.63, 3.8) is 0 Å². The third-order valence-corrected chi connectivity index (χ3v) is 17.1. The van der Waals surface area contributed by atoms with Crippen molar-refractivity contribution < 1.29 is 0 Å². The first-order valence-electron chi connectivity index (χ1n) is 31.6. The fraction of sp³-hybridized carbons (Fsp3) is 0.952. The van der Waals surface area contributed by atoms with E-state index in [1.807, 2.05) is 0 Å². The van der Waals surface area contributed by atoms with Gasteiger partial charge >= 0.3 is 0 Å². The topological polar surface area (TPSA) is 129 Å². The monoisotopic (exact) mass is 1050 g/mol. The molecular formula is C63H124N12. The number of unbranched alkanes of at least 4 members (excludes halogenated alkanes) is 15. The van der Waals surface area contributed by atoms with Gasteiger partial charge in [0, 0.05) is 88.1 Å². The summed E-state index contributed by atoms with van der Waals surface area (Å²) < 4.78 is 0. The van der Waals surface area contributed by atoms with Crippen LogP contribution < -0.4 is 47.0 Å². The highest BCUT2D eigenvalue weighted by Gasteiger charge is 2.44. The van der Waals surface area contributed by atoms with Crippen LogP contribution in [0, 0.1) is 0 Å². The molecule has 4 aliphatic heterocycles. The minimum atomic E-state index is 0.00335. The van der Waals surface area contributed by atoms with Crippen LogP contribution in [0.5, 0.6) is 0 Å². The number of anilines is 3.